The number of hydrogen-bond donors (Lipinski definition) is 1. The Kier molecular flexibility index (Phi) is 7.21. The van der Waals surface area contributed by atoms with E-state index in [1.54, 1.807) is 11.8 Å². The topological polar surface area (TPSA) is 87.2 Å². The molecule has 2 atom stereocenters. The first kappa shape index (κ1) is 20.7. The summed E-state index contributed by atoms with van der Waals surface area (Å²) in [6.07, 6.45) is 1.36. The first-order valence-electron chi connectivity index (χ1n) is 9.29. The predicted molar refractivity (Wildman–Crippen MR) is 101 cm³/mol. The predicted octanol–water partition coefficient (Wildman–Crippen LogP) is 2.08. The summed E-state index contributed by atoms with van der Waals surface area (Å²) >= 11 is 0. The molecular weight excluding hydrogens is 348 g/mol. The Morgan fingerprint density at radius 1 is 1.30 bits per heavy atom. The molecule has 0 bridgehead atoms. The van der Waals surface area contributed by atoms with Crippen LogP contribution in [0.25, 0.3) is 0 Å². The number of rotatable bonds is 6. The SMILES string of the molecule is CC(=O)N(CC(=O)O)[C@H]1CCCN(C(=O)[C@H](C)Oc2cccc(C)c2)CC1. The lowest BCUT2D eigenvalue weighted by atomic mass is 10.1. The van der Waals surface area contributed by atoms with Gasteiger partial charge in [-0.2, -0.15) is 0 Å². The van der Waals surface area contributed by atoms with Crippen molar-refractivity contribution in [1.82, 2.24) is 9.80 Å². The summed E-state index contributed by atoms with van der Waals surface area (Å²) in [5, 5.41) is 9.03. The number of carboxylic acids is 1. The second-order valence-electron chi connectivity index (χ2n) is 7.03. The lowest BCUT2D eigenvalue weighted by molar-refractivity contribution is -0.145. The molecule has 1 N–H and O–H groups in total. The van der Waals surface area contributed by atoms with Crippen molar-refractivity contribution in [2.75, 3.05) is 19.6 Å². The van der Waals surface area contributed by atoms with Crippen LogP contribution < -0.4 is 4.74 Å². The van der Waals surface area contributed by atoms with Crippen LogP contribution in [0.2, 0.25) is 0 Å². The van der Waals surface area contributed by atoms with Gasteiger partial charge in [0.05, 0.1) is 0 Å². The zero-order chi connectivity index (χ0) is 20.0. The van der Waals surface area contributed by atoms with E-state index in [0.717, 1.165) is 12.0 Å². The maximum Gasteiger partial charge on any atom is 0.323 e. The summed E-state index contributed by atoms with van der Waals surface area (Å²) in [4.78, 5) is 38.7. The number of carbonyl (C=O) groups is 3. The molecule has 0 saturated carbocycles. The Bertz CT molecular complexity index is 691. The number of aryl methyl sites for hydroxylation is 1. The average Bonchev–Trinajstić information content (AvgIpc) is 2.84. The standard InChI is InChI=1S/C20H28N2O5/c1-14-6-4-8-18(12-14)27-15(2)20(26)21-10-5-7-17(9-11-21)22(16(3)23)13-19(24)25/h4,6,8,12,15,17H,5,7,9-11,13H2,1-3H3,(H,24,25)/t15-,17-/m0/s1. The molecule has 1 heterocycles. The molecule has 1 aromatic rings. The molecule has 0 radical (unpaired) electrons. The number of likely N-dealkylation sites (tertiary alicyclic amines) is 1. The molecule has 1 saturated heterocycles. The third kappa shape index (κ3) is 5.98. The van der Waals surface area contributed by atoms with Crippen LogP contribution in [-0.2, 0) is 14.4 Å². The highest BCUT2D eigenvalue weighted by Gasteiger charge is 2.29. The fourth-order valence-electron chi connectivity index (χ4n) is 3.45. The Balaban J connectivity index is 1.96. The number of nitrogens with zero attached hydrogens (tertiary/aromatic N) is 2. The van der Waals surface area contributed by atoms with Gasteiger partial charge in [0.2, 0.25) is 5.91 Å². The fourth-order valence-corrected chi connectivity index (χ4v) is 3.45. The van der Waals surface area contributed by atoms with Crippen LogP contribution in [0.3, 0.4) is 0 Å². The van der Waals surface area contributed by atoms with Crippen molar-refractivity contribution >= 4 is 17.8 Å². The van der Waals surface area contributed by atoms with Crippen molar-refractivity contribution in [3.63, 3.8) is 0 Å². The van der Waals surface area contributed by atoms with E-state index in [9.17, 15) is 14.4 Å². The second kappa shape index (κ2) is 9.39. The first-order valence-corrected chi connectivity index (χ1v) is 9.29. The molecule has 148 valence electrons. The molecule has 0 spiro atoms. The third-order valence-electron chi connectivity index (χ3n) is 4.81. The molecule has 7 nitrogen and oxygen atoms in total. The van der Waals surface area contributed by atoms with Crippen molar-refractivity contribution in [2.45, 2.75) is 52.2 Å². The minimum absolute atomic E-state index is 0.0928. The Morgan fingerprint density at radius 2 is 2.04 bits per heavy atom. The summed E-state index contributed by atoms with van der Waals surface area (Å²) in [7, 11) is 0. The molecule has 0 unspecified atom stereocenters. The van der Waals surface area contributed by atoms with Crippen LogP contribution in [-0.4, -0.2) is 64.5 Å². The van der Waals surface area contributed by atoms with Gasteiger partial charge in [0, 0.05) is 26.1 Å². The maximum atomic E-state index is 12.8. The van der Waals surface area contributed by atoms with Gasteiger partial charge in [0.1, 0.15) is 12.3 Å². The Labute approximate surface area is 159 Å². The number of aliphatic carboxylic acids is 1. The van der Waals surface area contributed by atoms with E-state index in [2.05, 4.69) is 0 Å². The molecule has 1 fully saturated rings. The van der Waals surface area contributed by atoms with Crippen LogP contribution in [0.1, 0.15) is 38.7 Å². The minimum atomic E-state index is -1.03. The Morgan fingerprint density at radius 3 is 2.67 bits per heavy atom. The van der Waals surface area contributed by atoms with Crippen LogP contribution in [0.4, 0.5) is 0 Å². The smallest absolute Gasteiger partial charge is 0.323 e. The van der Waals surface area contributed by atoms with E-state index in [4.69, 9.17) is 9.84 Å². The number of carboxylic acid groups (broad SMARTS) is 1. The summed E-state index contributed by atoms with van der Waals surface area (Å²) in [5.74, 6) is -0.710. The number of benzene rings is 1. The molecule has 1 aliphatic heterocycles. The molecule has 0 aliphatic carbocycles. The van der Waals surface area contributed by atoms with E-state index in [0.29, 0.717) is 31.7 Å². The summed E-state index contributed by atoms with van der Waals surface area (Å²) in [6.45, 7) is 5.84. The summed E-state index contributed by atoms with van der Waals surface area (Å²) < 4.78 is 5.78. The van der Waals surface area contributed by atoms with Crippen LogP contribution in [0.5, 0.6) is 5.75 Å². The van der Waals surface area contributed by atoms with Gasteiger partial charge in [-0.25, -0.2) is 0 Å². The van der Waals surface area contributed by atoms with Gasteiger partial charge in [-0.15, -0.1) is 0 Å². The monoisotopic (exact) mass is 376 g/mol. The minimum Gasteiger partial charge on any atom is -0.481 e. The van der Waals surface area contributed by atoms with E-state index in [-0.39, 0.29) is 24.4 Å². The highest BCUT2D eigenvalue weighted by Crippen LogP contribution is 2.20. The molecular formula is C20H28N2O5. The van der Waals surface area contributed by atoms with Gasteiger partial charge in [0.15, 0.2) is 6.10 Å². The quantitative estimate of drug-likeness (QED) is 0.821. The van der Waals surface area contributed by atoms with Gasteiger partial charge < -0.3 is 19.6 Å². The van der Waals surface area contributed by atoms with Crippen molar-refractivity contribution < 1.29 is 24.2 Å². The molecule has 2 rings (SSSR count). The fraction of sp³-hybridized carbons (Fsp3) is 0.550. The number of amides is 2. The number of carbonyl (C=O) groups excluding carboxylic acids is 2. The van der Waals surface area contributed by atoms with E-state index < -0.39 is 12.1 Å². The lowest BCUT2D eigenvalue weighted by Gasteiger charge is -2.29. The number of ether oxygens (including phenoxy) is 1. The van der Waals surface area contributed by atoms with Crippen molar-refractivity contribution in [3.05, 3.63) is 29.8 Å². The highest BCUT2D eigenvalue weighted by molar-refractivity contribution is 5.81. The average molecular weight is 376 g/mol. The van der Waals surface area contributed by atoms with E-state index >= 15 is 0 Å². The molecule has 27 heavy (non-hydrogen) atoms. The molecule has 1 aromatic carbocycles. The largest absolute Gasteiger partial charge is 0.481 e. The maximum absolute atomic E-state index is 12.8. The van der Waals surface area contributed by atoms with Crippen LogP contribution in [0.15, 0.2) is 24.3 Å². The van der Waals surface area contributed by atoms with Gasteiger partial charge in [-0.05, 0) is 50.8 Å². The first-order chi connectivity index (χ1) is 12.8. The van der Waals surface area contributed by atoms with E-state index in [1.807, 2.05) is 31.2 Å². The molecule has 2 amide bonds. The highest BCUT2D eigenvalue weighted by atomic mass is 16.5. The molecule has 1 aliphatic rings. The number of hydrogen-bond acceptors (Lipinski definition) is 4. The Hall–Kier alpha value is -2.57. The van der Waals surface area contributed by atoms with Gasteiger partial charge >= 0.3 is 5.97 Å². The van der Waals surface area contributed by atoms with Crippen molar-refractivity contribution in [3.8, 4) is 5.75 Å². The third-order valence-corrected chi connectivity index (χ3v) is 4.81. The second-order valence-corrected chi connectivity index (χ2v) is 7.03. The normalized spacial score (nSPS) is 18.3. The van der Waals surface area contributed by atoms with Gasteiger partial charge in [-0.1, -0.05) is 12.1 Å². The van der Waals surface area contributed by atoms with Crippen molar-refractivity contribution in [2.24, 2.45) is 0 Å². The zero-order valence-corrected chi connectivity index (χ0v) is 16.2. The zero-order valence-electron chi connectivity index (χ0n) is 16.2. The summed E-state index contributed by atoms with van der Waals surface area (Å²) in [5.41, 5.74) is 1.06. The van der Waals surface area contributed by atoms with E-state index in [1.165, 1.54) is 11.8 Å². The van der Waals surface area contributed by atoms with Gasteiger partial charge in [0.25, 0.3) is 5.91 Å². The van der Waals surface area contributed by atoms with Crippen molar-refractivity contribution in [1.29, 1.82) is 0 Å². The van der Waals surface area contributed by atoms with Gasteiger partial charge in [-0.3, -0.25) is 14.4 Å². The van der Waals surface area contributed by atoms with Crippen LogP contribution >= 0.6 is 0 Å². The molecule has 7 heteroatoms. The summed E-state index contributed by atoms with van der Waals surface area (Å²) in [6, 6.07) is 7.40. The van der Waals surface area contributed by atoms with Crippen LogP contribution in [0, 0.1) is 6.92 Å². The lowest BCUT2D eigenvalue weighted by Crippen LogP contribution is -2.44. The molecule has 0 aromatic heterocycles.